The predicted molar refractivity (Wildman–Crippen MR) is 68.9 cm³/mol. The molecule has 1 unspecified atom stereocenters. The van der Waals surface area contributed by atoms with Crippen molar-refractivity contribution in [2.45, 2.75) is 52.0 Å². The molecule has 16 heavy (non-hydrogen) atoms. The van der Waals surface area contributed by atoms with E-state index in [0.29, 0.717) is 11.3 Å². The molecule has 0 saturated heterocycles. The maximum Gasteiger partial charge on any atom is 0.197 e. The van der Waals surface area contributed by atoms with Gasteiger partial charge in [-0.25, -0.2) is 0 Å². The topological polar surface area (TPSA) is 25.2 Å². The second-order valence-electron chi connectivity index (χ2n) is 4.15. The lowest BCUT2D eigenvalue weighted by Gasteiger charge is -2.17. The van der Waals surface area contributed by atoms with Crippen LogP contribution in [-0.4, -0.2) is 6.54 Å². The largest absolute Gasteiger partial charge is 0.453 e. The van der Waals surface area contributed by atoms with Gasteiger partial charge in [-0.3, -0.25) is 0 Å². The normalized spacial score (nSPS) is 12.9. The predicted octanol–water partition coefficient (Wildman–Crippen LogP) is 4.55. The zero-order valence-corrected chi connectivity index (χ0v) is 11.0. The lowest BCUT2D eigenvalue weighted by Crippen LogP contribution is -2.22. The molecule has 0 saturated carbocycles. The average Bonchev–Trinajstić information content (AvgIpc) is 2.70. The third-order valence-corrected chi connectivity index (χ3v) is 3.07. The molecular formula is C13H22ClNO. The van der Waals surface area contributed by atoms with Gasteiger partial charge < -0.3 is 9.73 Å². The summed E-state index contributed by atoms with van der Waals surface area (Å²) < 4.78 is 5.16. The fraction of sp³-hybridized carbons (Fsp3) is 0.692. The van der Waals surface area contributed by atoms with E-state index in [1.165, 1.54) is 19.3 Å². The van der Waals surface area contributed by atoms with Crippen molar-refractivity contribution in [3.8, 4) is 0 Å². The van der Waals surface area contributed by atoms with E-state index in [-0.39, 0.29) is 0 Å². The number of furan rings is 1. The highest BCUT2D eigenvalue weighted by atomic mass is 35.5. The summed E-state index contributed by atoms with van der Waals surface area (Å²) in [6.07, 6.45) is 7.70. The van der Waals surface area contributed by atoms with E-state index in [0.717, 1.165) is 24.9 Å². The molecule has 0 aliphatic heterocycles. The Morgan fingerprint density at radius 1 is 1.31 bits per heavy atom. The van der Waals surface area contributed by atoms with E-state index in [1.807, 2.05) is 6.07 Å². The second-order valence-corrected chi connectivity index (χ2v) is 4.50. The average molecular weight is 244 g/mol. The summed E-state index contributed by atoms with van der Waals surface area (Å²) >= 11 is 6.02. The van der Waals surface area contributed by atoms with Gasteiger partial charge in [0.2, 0.25) is 0 Å². The maximum atomic E-state index is 6.02. The Hall–Kier alpha value is -0.470. The summed E-state index contributed by atoms with van der Waals surface area (Å²) in [6.45, 7) is 5.42. The number of rotatable bonds is 8. The van der Waals surface area contributed by atoms with Gasteiger partial charge in [0, 0.05) is 11.6 Å². The first kappa shape index (κ1) is 13.6. The Morgan fingerprint density at radius 2 is 2.12 bits per heavy atom. The van der Waals surface area contributed by atoms with Crippen molar-refractivity contribution < 1.29 is 4.42 Å². The summed E-state index contributed by atoms with van der Waals surface area (Å²) in [6, 6.07) is 2.32. The van der Waals surface area contributed by atoms with E-state index in [9.17, 15) is 0 Å². The van der Waals surface area contributed by atoms with Crippen LogP contribution in [0.25, 0.3) is 0 Å². The number of halogens is 1. The zero-order chi connectivity index (χ0) is 11.8. The van der Waals surface area contributed by atoms with Crippen molar-refractivity contribution in [3.63, 3.8) is 0 Å². The van der Waals surface area contributed by atoms with E-state index in [1.54, 1.807) is 6.26 Å². The van der Waals surface area contributed by atoms with Crippen LogP contribution in [0.1, 0.15) is 57.6 Å². The van der Waals surface area contributed by atoms with Crippen LogP contribution in [0, 0.1) is 0 Å². The molecule has 1 aromatic rings. The highest BCUT2D eigenvalue weighted by molar-refractivity contribution is 6.29. The van der Waals surface area contributed by atoms with Gasteiger partial charge in [-0.05, 0) is 37.1 Å². The van der Waals surface area contributed by atoms with Crippen molar-refractivity contribution >= 4 is 11.6 Å². The summed E-state index contributed by atoms with van der Waals surface area (Å²) in [7, 11) is 0. The van der Waals surface area contributed by atoms with Crippen molar-refractivity contribution in [1.29, 1.82) is 0 Å². The van der Waals surface area contributed by atoms with Gasteiger partial charge in [0.05, 0.1) is 6.26 Å². The molecular weight excluding hydrogens is 222 g/mol. The fourth-order valence-corrected chi connectivity index (χ4v) is 2.08. The van der Waals surface area contributed by atoms with Crippen LogP contribution in [0.3, 0.4) is 0 Å². The Morgan fingerprint density at radius 3 is 2.69 bits per heavy atom. The molecule has 0 bridgehead atoms. The molecule has 1 heterocycles. The molecule has 0 spiro atoms. The Kier molecular flexibility index (Phi) is 6.58. The first-order chi connectivity index (χ1) is 7.79. The highest BCUT2D eigenvalue weighted by Gasteiger charge is 2.15. The van der Waals surface area contributed by atoms with Crippen molar-refractivity contribution in [3.05, 3.63) is 23.1 Å². The first-order valence-electron chi connectivity index (χ1n) is 6.25. The molecule has 1 N–H and O–H groups in total. The van der Waals surface area contributed by atoms with Crippen molar-refractivity contribution in [1.82, 2.24) is 5.32 Å². The SMILES string of the molecule is CCCCCC(NCCC)c1ccoc1Cl. The number of unbranched alkanes of at least 4 members (excludes halogenated alkanes) is 2. The third-order valence-electron chi connectivity index (χ3n) is 2.76. The maximum absolute atomic E-state index is 6.02. The van der Waals surface area contributed by atoms with Crippen LogP contribution < -0.4 is 5.32 Å². The minimum absolute atomic E-state index is 0.345. The van der Waals surface area contributed by atoms with Crippen molar-refractivity contribution in [2.75, 3.05) is 6.54 Å². The molecule has 0 amide bonds. The van der Waals surface area contributed by atoms with Crippen LogP contribution in [0.4, 0.5) is 0 Å². The molecule has 0 aliphatic carbocycles. The summed E-state index contributed by atoms with van der Waals surface area (Å²) in [5, 5.41) is 4.06. The van der Waals surface area contributed by atoms with Gasteiger partial charge in [-0.1, -0.05) is 33.1 Å². The van der Waals surface area contributed by atoms with Crippen LogP contribution in [-0.2, 0) is 0 Å². The zero-order valence-electron chi connectivity index (χ0n) is 10.3. The molecule has 0 fully saturated rings. The lowest BCUT2D eigenvalue weighted by atomic mass is 10.0. The van der Waals surface area contributed by atoms with Gasteiger partial charge >= 0.3 is 0 Å². The first-order valence-corrected chi connectivity index (χ1v) is 6.63. The number of hydrogen-bond acceptors (Lipinski definition) is 2. The van der Waals surface area contributed by atoms with Gasteiger partial charge in [-0.15, -0.1) is 0 Å². The molecule has 1 aromatic heterocycles. The van der Waals surface area contributed by atoms with Crippen LogP contribution >= 0.6 is 11.6 Å². The van der Waals surface area contributed by atoms with E-state index >= 15 is 0 Å². The smallest absolute Gasteiger partial charge is 0.197 e. The highest BCUT2D eigenvalue weighted by Crippen LogP contribution is 2.27. The van der Waals surface area contributed by atoms with Gasteiger partial charge in [0.1, 0.15) is 0 Å². The van der Waals surface area contributed by atoms with E-state index in [4.69, 9.17) is 16.0 Å². The molecule has 0 aromatic carbocycles. The van der Waals surface area contributed by atoms with E-state index < -0.39 is 0 Å². The number of nitrogens with one attached hydrogen (secondary N) is 1. The molecule has 1 atom stereocenters. The standard InChI is InChI=1S/C13H22ClNO/c1-3-5-6-7-12(15-9-4-2)11-8-10-16-13(11)14/h8,10,12,15H,3-7,9H2,1-2H3. The van der Waals surface area contributed by atoms with Gasteiger partial charge in [-0.2, -0.15) is 0 Å². The minimum atomic E-state index is 0.345. The summed E-state index contributed by atoms with van der Waals surface area (Å²) in [5.41, 5.74) is 1.10. The second kappa shape index (κ2) is 7.75. The Bertz CT molecular complexity index is 285. The number of hydrogen-bond donors (Lipinski definition) is 1. The molecule has 0 aliphatic rings. The van der Waals surface area contributed by atoms with Gasteiger partial charge in [0.15, 0.2) is 5.22 Å². The van der Waals surface area contributed by atoms with Crippen LogP contribution in [0.5, 0.6) is 0 Å². The molecule has 1 rings (SSSR count). The molecule has 0 radical (unpaired) electrons. The van der Waals surface area contributed by atoms with Crippen LogP contribution in [0.2, 0.25) is 5.22 Å². The molecule has 3 heteroatoms. The summed E-state index contributed by atoms with van der Waals surface area (Å²) in [4.78, 5) is 0. The minimum Gasteiger partial charge on any atom is -0.453 e. The lowest BCUT2D eigenvalue weighted by molar-refractivity contribution is 0.467. The summed E-state index contributed by atoms with van der Waals surface area (Å²) in [5.74, 6) is 0. The Balaban J connectivity index is 2.53. The Labute approximate surface area is 103 Å². The van der Waals surface area contributed by atoms with Crippen LogP contribution in [0.15, 0.2) is 16.7 Å². The molecule has 2 nitrogen and oxygen atoms in total. The molecule has 92 valence electrons. The monoisotopic (exact) mass is 243 g/mol. The van der Waals surface area contributed by atoms with Gasteiger partial charge in [0.25, 0.3) is 0 Å². The quantitative estimate of drug-likeness (QED) is 0.678. The van der Waals surface area contributed by atoms with E-state index in [2.05, 4.69) is 19.2 Å². The van der Waals surface area contributed by atoms with Crippen molar-refractivity contribution in [2.24, 2.45) is 0 Å². The fourth-order valence-electron chi connectivity index (χ4n) is 1.84. The third kappa shape index (κ3) is 4.18.